The number of aliphatic carboxylic acids is 1. The summed E-state index contributed by atoms with van der Waals surface area (Å²) in [4.78, 5) is 11.4. The van der Waals surface area contributed by atoms with Crippen LogP contribution in [0.25, 0.3) is 0 Å². The maximum Gasteiger partial charge on any atom is 0.310 e. The third kappa shape index (κ3) is 2.95. The summed E-state index contributed by atoms with van der Waals surface area (Å²) in [6, 6.07) is 4.39. The first-order valence-corrected chi connectivity index (χ1v) is 8.05. The van der Waals surface area contributed by atoms with Crippen LogP contribution in [0, 0.1) is 19.8 Å². The SMILES string of the molecule is Cc1ccc(S(=O)(=O)N(C)C2COCC2C(=O)O)c(C)c1. The molecular formula is C14H19NO5S. The van der Waals surface area contributed by atoms with Crippen molar-refractivity contribution in [1.29, 1.82) is 0 Å². The Kier molecular flexibility index (Phi) is 4.36. The van der Waals surface area contributed by atoms with Crippen LogP contribution in [0.15, 0.2) is 23.1 Å². The van der Waals surface area contributed by atoms with E-state index < -0.39 is 28.0 Å². The molecule has 0 saturated carbocycles. The Morgan fingerprint density at radius 1 is 1.33 bits per heavy atom. The topological polar surface area (TPSA) is 83.9 Å². The van der Waals surface area contributed by atoms with E-state index in [0.717, 1.165) is 9.87 Å². The number of nitrogens with zero attached hydrogens (tertiary/aromatic N) is 1. The normalized spacial score (nSPS) is 22.7. The first-order chi connectivity index (χ1) is 9.75. The number of carbonyl (C=O) groups is 1. The van der Waals surface area contributed by atoms with Crippen molar-refractivity contribution < 1.29 is 23.1 Å². The van der Waals surface area contributed by atoms with Gasteiger partial charge in [-0.1, -0.05) is 17.7 Å². The number of rotatable bonds is 4. The second-order valence-corrected chi connectivity index (χ2v) is 7.31. The molecule has 0 radical (unpaired) electrons. The van der Waals surface area contributed by atoms with E-state index in [1.807, 2.05) is 6.92 Å². The van der Waals surface area contributed by atoms with Crippen molar-refractivity contribution in [3.05, 3.63) is 29.3 Å². The Bertz CT molecular complexity index is 655. The predicted molar refractivity (Wildman–Crippen MR) is 76.6 cm³/mol. The predicted octanol–water partition coefficient (Wildman–Crippen LogP) is 1.02. The number of aryl methyl sites for hydroxylation is 2. The fourth-order valence-corrected chi connectivity index (χ4v) is 4.14. The van der Waals surface area contributed by atoms with Gasteiger partial charge in [0.1, 0.15) is 0 Å². The van der Waals surface area contributed by atoms with Crippen LogP contribution in [0.5, 0.6) is 0 Å². The first kappa shape index (κ1) is 15.9. The highest BCUT2D eigenvalue weighted by molar-refractivity contribution is 7.89. The van der Waals surface area contributed by atoms with Crippen molar-refractivity contribution in [1.82, 2.24) is 4.31 Å². The summed E-state index contributed by atoms with van der Waals surface area (Å²) in [6.45, 7) is 3.75. The zero-order valence-corrected chi connectivity index (χ0v) is 13.1. The van der Waals surface area contributed by atoms with E-state index in [1.54, 1.807) is 25.1 Å². The largest absolute Gasteiger partial charge is 0.481 e. The molecule has 1 saturated heterocycles. The van der Waals surface area contributed by atoms with Crippen LogP contribution in [0.2, 0.25) is 0 Å². The number of hydrogen-bond acceptors (Lipinski definition) is 4. The highest BCUT2D eigenvalue weighted by Gasteiger charge is 2.41. The molecule has 7 heteroatoms. The van der Waals surface area contributed by atoms with Crippen LogP contribution in [-0.2, 0) is 19.6 Å². The first-order valence-electron chi connectivity index (χ1n) is 6.61. The fourth-order valence-electron chi connectivity index (χ4n) is 2.56. The second kappa shape index (κ2) is 5.75. The van der Waals surface area contributed by atoms with Gasteiger partial charge in [-0.3, -0.25) is 4.79 Å². The van der Waals surface area contributed by atoms with E-state index in [-0.39, 0.29) is 18.1 Å². The summed E-state index contributed by atoms with van der Waals surface area (Å²) in [6.07, 6.45) is 0. The molecule has 1 N–H and O–H groups in total. The zero-order valence-electron chi connectivity index (χ0n) is 12.2. The van der Waals surface area contributed by atoms with Gasteiger partial charge < -0.3 is 9.84 Å². The zero-order chi connectivity index (χ0) is 15.8. The fraction of sp³-hybridized carbons (Fsp3) is 0.500. The summed E-state index contributed by atoms with van der Waals surface area (Å²) >= 11 is 0. The summed E-state index contributed by atoms with van der Waals surface area (Å²) in [7, 11) is -2.34. The molecule has 0 bridgehead atoms. The van der Waals surface area contributed by atoms with Crippen LogP contribution in [-0.4, -0.2) is 50.1 Å². The standard InChI is InChI=1S/C14H19NO5S/c1-9-4-5-13(10(2)6-9)21(18,19)15(3)12-8-20-7-11(12)14(16)17/h4-6,11-12H,7-8H2,1-3H3,(H,16,17). The molecule has 0 aromatic heterocycles. The van der Waals surface area contributed by atoms with Crippen LogP contribution >= 0.6 is 0 Å². The summed E-state index contributed by atoms with van der Waals surface area (Å²) < 4.78 is 31.7. The number of likely N-dealkylation sites (N-methyl/N-ethyl adjacent to an activating group) is 1. The highest BCUT2D eigenvalue weighted by Crippen LogP contribution is 2.27. The third-order valence-corrected chi connectivity index (χ3v) is 5.87. The Morgan fingerprint density at radius 2 is 2.00 bits per heavy atom. The molecule has 6 nitrogen and oxygen atoms in total. The molecule has 1 heterocycles. The molecule has 1 aromatic carbocycles. The number of sulfonamides is 1. The van der Waals surface area contributed by atoms with Gasteiger partial charge in [-0.15, -0.1) is 0 Å². The van der Waals surface area contributed by atoms with Gasteiger partial charge in [0, 0.05) is 7.05 Å². The number of carboxylic acid groups (broad SMARTS) is 1. The summed E-state index contributed by atoms with van der Waals surface area (Å²) in [5, 5.41) is 9.16. The minimum Gasteiger partial charge on any atom is -0.481 e. The third-order valence-electron chi connectivity index (χ3n) is 3.82. The van der Waals surface area contributed by atoms with Crippen molar-refractivity contribution in [2.75, 3.05) is 20.3 Å². The minimum atomic E-state index is -3.75. The average molecular weight is 313 g/mol. The van der Waals surface area contributed by atoms with Crippen molar-refractivity contribution in [2.45, 2.75) is 24.8 Å². The molecule has 21 heavy (non-hydrogen) atoms. The lowest BCUT2D eigenvalue weighted by Gasteiger charge is -2.26. The molecule has 0 amide bonds. The maximum absolute atomic E-state index is 12.7. The summed E-state index contributed by atoms with van der Waals surface area (Å²) in [5.74, 6) is -1.88. The van der Waals surface area contributed by atoms with Crippen molar-refractivity contribution in [2.24, 2.45) is 5.92 Å². The van der Waals surface area contributed by atoms with Gasteiger partial charge >= 0.3 is 5.97 Å². The molecular weight excluding hydrogens is 294 g/mol. The van der Waals surface area contributed by atoms with E-state index in [9.17, 15) is 13.2 Å². The van der Waals surface area contributed by atoms with Crippen LogP contribution in [0.1, 0.15) is 11.1 Å². The molecule has 0 aliphatic carbocycles. The van der Waals surface area contributed by atoms with Crippen molar-refractivity contribution >= 4 is 16.0 Å². The lowest BCUT2D eigenvalue weighted by atomic mass is 10.1. The monoisotopic (exact) mass is 313 g/mol. The average Bonchev–Trinajstić information content (AvgIpc) is 2.86. The quantitative estimate of drug-likeness (QED) is 0.897. The highest BCUT2D eigenvalue weighted by atomic mass is 32.2. The molecule has 2 unspecified atom stereocenters. The number of ether oxygens (including phenoxy) is 1. The van der Waals surface area contributed by atoms with E-state index in [4.69, 9.17) is 9.84 Å². The van der Waals surface area contributed by atoms with Gasteiger partial charge in [0.05, 0.1) is 30.1 Å². The van der Waals surface area contributed by atoms with Gasteiger partial charge in [0.2, 0.25) is 10.0 Å². The van der Waals surface area contributed by atoms with Crippen LogP contribution in [0.4, 0.5) is 0 Å². The minimum absolute atomic E-state index is 0.0345. The second-order valence-electron chi connectivity index (χ2n) is 5.34. The molecule has 2 rings (SSSR count). The van der Waals surface area contributed by atoms with Gasteiger partial charge in [-0.2, -0.15) is 4.31 Å². The number of hydrogen-bond donors (Lipinski definition) is 1. The van der Waals surface area contributed by atoms with Crippen LogP contribution in [0.3, 0.4) is 0 Å². The van der Waals surface area contributed by atoms with Gasteiger partial charge in [-0.25, -0.2) is 8.42 Å². The molecule has 1 aliphatic heterocycles. The molecule has 1 fully saturated rings. The Balaban J connectivity index is 2.37. The van der Waals surface area contributed by atoms with Gasteiger partial charge in [0.15, 0.2) is 0 Å². The van der Waals surface area contributed by atoms with Gasteiger partial charge in [0.25, 0.3) is 0 Å². The Hall–Kier alpha value is -1.44. The van der Waals surface area contributed by atoms with Crippen molar-refractivity contribution in [3.63, 3.8) is 0 Å². The molecule has 2 atom stereocenters. The van der Waals surface area contributed by atoms with Gasteiger partial charge in [-0.05, 0) is 25.5 Å². The molecule has 116 valence electrons. The Morgan fingerprint density at radius 3 is 2.57 bits per heavy atom. The van der Waals surface area contributed by atoms with E-state index in [2.05, 4.69) is 0 Å². The Labute approximate surface area is 124 Å². The molecule has 0 spiro atoms. The lowest BCUT2D eigenvalue weighted by molar-refractivity contribution is -0.142. The van der Waals surface area contributed by atoms with E-state index in [0.29, 0.717) is 5.56 Å². The lowest BCUT2D eigenvalue weighted by Crippen LogP contribution is -2.44. The van der Waals surface area contributed by atoms with E-state index >= 15 is 0 Å². The number of carboxylic acids is 1. The van der Waals surface area contributed by atoms with Crippen molar-refractivity contribution in [3.8, 4) is 0 Å². The number of benzene rings is 1. The molecule has 1 aromatic rings. The molecule has 1 aliphatic rings. The van der Waals surface area contributed by atoms with E-state index in [1.165, 1.54) is 7.05 Å². The maximum atomic E-state index is 12.7. The van der Waals surface area contributed by atoms with Crippen LogP contribution < -0.4 is 0 Å². The summed E-state index contributed by atoms with van der Waals surface area (Å²) in [5.41, 5.74) is 1.62. The smallest absolute Gasteiger partial charge is 0.310 e.